The van der Waals surface area contributed by atoms with Gasteiger partial charge in [-0.1, -0.05) is 18.2 Å². The highest BCUT2D eigenvalue weighted by molar-refractivity contribution is 5.96. The molecule has 128 valence electrons. The number of nitrogens with one attached hydrogen (secondary N) is 1. The zero-order chi connectivity index (χ0) is 17.9. The summed E-state index contributed by atoms with van der Waals surface area (Å²) >= 11 is 0. The van der Waals surface area contributed by atoms with E-state index < -0.39 is 12.1 Å². The Morgan fingerprint density at radius 1 is 1.25 bits per heavy atom. The Bertz CT molecular complexity index is 735. The number of anilines is 1. The fourth-order valence-electron chi connectivity index (χ4n) is 2.69. The predicted octanol–water partition coefficient (Wildman–Crippen LogP) is 2.50. The highest BCUT2D eigenvalue weighted by atomic mass is 16.5. The summed E-state index contributed by atoms with van der Waals surface area (Å²) in [7, 11) is 1.63. The zero-order valence-corrected chi connectivity index (χ0v) is 14.3. The third kappa shape index (κ3) is 3.65. The van der Waals surface area contributed by atoms with Crippen molar-refractivity contribution in [2.24, 2.45) is 0 Å². The van der Waals surface area contributed by atoms with Crippen molar-refractivity contribution in [2.75, 3.05) is 18.6 Å². The van der Waals surface area contributed by atoms with E-state index in [2.05, 4.69) is 4.98 Å². The minimum absolute atomic E-state index is 0.263. The summed E-state index contributed by atoms with van der Waals surface area (Å²) in [5.41, 5.74) is 3.01. The number of para-hydroxylation sites is 1. The standard InChI is InChI=1S/C18H22N2O4/c1-11-16(13(3)21)12(2)19-17(11)18(23)24-10-15(22)20(4)14-8-6-5-7-9-14/h5-9,13,19,21H,10H2,1-4H3/t13-/m1/s1. The van der Waals surface area contributed by atoms with E-state index in [0.717, 1.165) is 5.69 Å². The third-order valence-electron chi connectivity index (χ3n) is 3.96. The average Bonchev–Trinajstić information content (AvgIpc) is 2.87. The molecule has 1 amide bonds. The minimum atomic E-state index is -0.686. The molecule has 1 aromatic heterocycles. The van der Waals surface area contributed by atoms with E-state index in [0.29, 0.717) is 16.8 Å². The van der Waals surface area contributed by atoms with Crippen LogP contribution < -0.4 is 4.90 Å². The number of benzene rings is 1. The van der Waals surface area contributed by atoms with Crippen molar-refractivity contribution < 1.29 is 19.4 Å². The molecule has 0 fully saturated rings. The third-order valence-corrected chi connectivity index (χ3v) is 3.96. The maximum absolute atomic E-state index is 12.2. The van der Waals surface area contributed by atoms with Gasteiger partial charge in [-0.2, -0.15) is 0 Å². The van der Waals surface area contributed by atoms with Crippen LogP contribution >= 0.6 is 0 Å². The first-order valence-corrected chi connectivity index (χ1v) is 7.68. The first-order chi connectivity index (χ1) is 11.3. The number of likely N-dealkylation sites (N-methyl/N-ethyl adjacent to an activating group) is 1. The van der Waals surface area contributed by atoms with Crippen LogP contribution in [-0.4, -0.2) is 35.6 Å². The number of aromatic amines is 1. The number of rotatable bonds is 5. The fraction of sp³-hybridized carbons (Fsp3) is 0.333. The molecule has 0 aliphatic rings. The van der Waals surface area contributed by atoms with Crippen LogP contribution in [0.5, 0.6) is 0 Å². The number of carbonyl (C=O) groups is 2. The van der Waals surface area contributed by atoms with Gasteiger partial charge in [-0.25, -0.2) is 4.79 Å². The van der Waals surface area contributed by atoms with Crippen molar-refractivity contribution in [2.45, 2.75) is 26.9 Å². The maximum Gasteiger partial charge on any atom is 0.355 e. The smallest absolute Gasteiger partial charge is 0.355 e. The number of hydrogen-bond donors (Lipinski definition) is 2. The highest BCUT2D eigenvalue weighted by Crippen LogP contribution is 2.24. The van der Waals surface area contributed by atoms with Crippen molar-refractivity contribution >= 4 is 17.6 Å². The second-order valence-corrected chi connectivity index (χ2v) is 5.70. The molecule has 2 N–H and O–H groups in total. The molecule has 0 spiro atoms. The number of aromatic nitrogens is 1. The largest absolute Gasteiger partial charge is 0.451 e. The highest BCUT2D eigenvalue weighted by Gasteiger charge is 2.22. The van der Waals surface area contributed by atoms with Crippen LogP contribution in [0.4, 0.5) is 5.69 Å². The van der Waals surface area contributed by atoms with Gasteiger partial charge in [-0.3, -0.25) is 4.79 Å². The number of esters is 1. The van der Waals surface area contributed by atoms with Crippen LogP contribution in [0, 0.1) is 13.8 Å². The van der Waals surface area contributed by atoms with E-state index in [-0.39, 0.29) is 18.2 Å². The lowest BCUT2D eigenvalue weighted by Gasteiger charge is -2.17. The lowest BCUT2D eigenvalue weighted by Crippen LogP contribution is -2.31. The Kier molecular flexibility index (Phi) is 5.41. The monoisotopic (exact) mass is 330 g/mol. The van der Waals surface area contributed by atoms with Gasteiger partial charge >= 0.3 is 5.97 Å². The Morgan fingerprint density at radius 2 is 1.88 bits per heavy atom. The Balaban J connectivity index is 2.03. The van der Waals surface area contributed by atoms with E-state index in [4.69, 9.17) is 4.74 Å². The molecule has 0 radical (unpaired) electrons. The van der Waals surface area contributed by atoms with Crippen molar-refractivity contribution in [1.29, 1.82) is 0 Å². The average molecular weight is 330 g/mol. The van der Waals surface area contributed by atoms with Crippen LogP contribution in [0.25, 0.3) is 0 Å². The minimum Gasteiger partial charge on any atom is -0.451 e. The number of ether oxygens (including phenoxy) is 1. The van der Waals surface area contributed by atoms with Crippen molar-refractivity contribution in [3.63, 3.8) is 0 Å². The summed E-state index contributed by atoms with van der Waals surface area (Å²) in [6.45, 7) is 4.79. The molecular weight excluding hydrogens is 308 g/mol. The Morgan fingerprint density at radius 3 is 2.42 bits per heavy atom. The quantitative estimate of drug-likeness (QED) is 0.825. The molecule has 0 saturated carbocycles. The SMILES string of the molecule is Cc1[nH]c(C(=O)OCC(=O)N(C)c2ccccc2)c(C)c1[C@@H](C)O. The summed E-state index contributed by atoms with van der Waals surface area (Å²) in [4.78, 5) is 28.7. The number of aryl methyl sites for hydroxylation is 1. The van der Waals surface area contributed by atoms with Gasteiger partial charge in [0.15, 0.2) is 6.61 Å². The first kappa shape index (κ1) is 17.7. The molecule has 2 aromatic rings. The topological polar surface area (TPSA) is 82.6 Å². The Labute approximate surface area is 141 Å². The van der Waals surface area contributed by atoms with E-state index in [1.807, 2.05) is 18.2 Å². The molecule has 0 aliphatic carbocycles. The van der Waals surface area contributed by atoms with E-state index >= 15 is 0 Å². The summed E-state index contributed by atoms with van der Waals surface area (Å²) in [5.74, 6) is -0.941. The molecule has 0 bridgehead atoms. The molecular formula is C18H22N2O4. The van der Waals surface area contributed by atoms with Gasteiger partial charge in [0, 0.05) is 24.0 Å². The Hall–Kier alpha value is -2.60. The molecule has 0 saturated heterocycles. The number of hydrogen-bond acceptors (Lipinski definition) is 4. The lowest BCUT2D eigenvalue weighted by atomic mass is 10.1. The normalized spacial score (nSPS) is 11.9. The van der Waals surface area contributed by atoms with Crippen LogP contribution in [0.2, 0.25) is 0 Å². The van der Waals surface area contributed by atoms with Crippen LogP contribution in [0.3, 0.4) is 0 Å². The van der Waals surface area contributed by atoms with Crippen LogP contribution in [0.15, 0.2) is 30.3 Å². The number of aliphatic hydroxyl groups is 1. The fourth-order valence-corrected chi connectivity index (χ4v) is 2.69. The molecule has 6 nitrogen and oxygen atoms in total. The summed E-state index contributed by atoms with van der Waals surface area (Å²) in [6, 6.07) is 9.11. The van der Waals surface area contributed by atoms with Crippen LogP contribution in [-0.2, 0) is 9.53 Å². The van der Waals surface area contributed by atoms with Gasteiger partial charge in [0.25, 0.3) is 5.91 Å². The van der Waals surface area contributed by atoms with Crippen molar-refractivity contribution in [3.05, 3.63) is 52.8 Å². The van der Waals surface area contributed by atoms with E-state index in [9.17, 15) is 14.7 Å². The maximum atomic E-state index is 12.2. The van der Waals surface area contributed by atoms with E-state index in [1.54, 1.807) is 40.0 Å². The molecule has 2 rings (SSSR count). The van der Waals surface area contributed by atoms with Gasteiger partial charge in [-0.15, -0.1) is 0 Å². The number of aliphatic hydroxyl groups excluding tert-OH is 1. The zero-order valence-electron chi connectivity index (χ0n) is 14.3. The predicted molar refractivity (Wildman–Crippen MR) is 91.0 cm³/mol. The summed E-state index contributed by atoms with van der Waals surface area (Å²) < 4.78 is 5.12. The molecule has 6 heteroatoms. The molecule has 0 unspecified atom stereocenters. The number of H-pyrrole nitrogens is 1. The summed E-state index contributed by atoms with van der Waals surface area (Å²) in [6.07, 6.45) is -0.686. The van der Waals surface area contributed by atoms with E-state index in [1.165, 1.54) is 4.90 Å². The molecule has 1 heterocycles. The number of amides is 1. The first-order valence-electron chi connectivity index (χ1n) is 7.68. The van der Waals surface area contributed by atoms with Gasteiger partial charge in [0.05, 0.1) is 6.10 Å². The second kappa shape index (κ2) is 7.31. The van der Waals surface area contributed by atoms with Crippen molar-refractivity contribution in [1.82, 2.24) is 4.98 Å². The number of carbonyl (C=O) groups excluding carboxylic acids is 2. The van der Waals surface area contributed by atoms with Crippen molar-refractivity contribution in [3.8, 4) is 0 Å². The summed E-state index contributed by atoms with van der Waals surface area (Å²) in [5, 5.41) is 9.76. The number of nitrogens with zero attached hydrogens (tertiary/aromatic N) is 1. The lowest BCUT2D eigenvalue weighted by molar-refractivity contribution is -0.121. The second-order valence-electron chi connectivity index (χ2n) is 5.70. The van der Waals surface area contributed by atoms with Gasteiger partial charge < -0.3 is 19.7 Å². The van der Waals surface area contributed by atoms with Gasteiger partial charge in [0.2, 0.25) is 0 Å². The molecule has 1 atom stereocenters. The van der Waals surface area contributed by atoms with Gasteiger partial charge in [-0.05, 0) is 38.5 Å². The van der Waals surface area contributed by atoms with Crippen LogP contribution in [0.1, 0.15) is 40.3 Å². The van der Waals surface area contributed by atoms with Gasteiger partial charge in [0.1, 0.15) is 5.69 Å². The molecule has 1 aromatic carbocycles. The molecule has 0 aliphatic heterocycles. The molecule has 24 heavy (non-hydrogen) atoms.